The van der Waals surface area contributed by atoms with Crippen molar-refractivity contribution in [3.05, 3.63) is 68.8 Å². The summed E-state index contributed by atoms with van der Waals surface area (Å²) in [5.41, 5.74) is 3.42. The number of thiocarbonyl (C=S) groups is 1. The highest BCUT2D eigenvalue weighted by molar-refractivity contribution is 8.26. The van der Waals surface area contributed by atoms with Crippen LogP contribution in [0.3, 0.4) is 0 Å². The molecule has 2 amide bonds. The smallest absolute Gasteiger partial charge is 0.267 e. The van der Waals surface area contributed by atoms with Gasteiger partial charge in [0.05, 0.1) is 15.5 Å². The van der Waals surface area contributed by atoms with Crippen molar-refractivity contribution in [2.24, 2.45) is 0 Å². The van der Waals surface area contributed by atoms with Crippen LogP contribution in [-0.4, -0.2) is 26.1 Å². The molecule has 25 heavy (non-hydrogen) atoms. The van der Waals surface area contributed by atoms with E-state index in [1.165, 1.54) is 18.2 Å². The van der Waals surface area contributed by atoms with Gasteiger partial charge in [-0.1, -0.05) is 41.0 Å². The number of hydrogen-bond acceptors (Lipinski definition) is 5. The summed E-state index contributed by atoms with van der Waals surface area (Å²) < 4.78 is 0.221. The number of pyridine rings is 1. The van der Waals surface area contributed by atoms with Crippen molar-refractivity contribution >= 4 is 69.4 Å². The molecule has 2 aromatic rings. The zero-order valence-electron chi connectivity index (χ0n) is 12.4. The van der Waals surface area contributed by atoms with E-state index in [0.29, 0.717) is 9.93 Å². The molecule has 1 aliphatic heterocycles. The van der Waals surface area contributed by atoms with Crippen LogP contribution in [-0.2, 0) is 4.79 Å². The number of nitrogens with zero attached hydrogens (tertiary/aromatic N) is 2. The van der Waals surface area contributed by atoms with Gasteiger partial charge in [-0.3, -0.25) is 20.0 Å². The third-order valence-electron chi connectivity index (χ3n) is 3.16. The van der Waals surface area contributed by atoms with Gasteiger partial charge in [0.15, 0.2) is 4.32 Å². The molecule has 126 valence electrons. The van der Waals surface area contributed by atoms with Gasteiger partial charge in [0, 0.05) is 17.4 Å². The Labute approximate surface area is 163 Å². The lowest BCUT2D eigenvalue weighted by Crippen LogP contribution is -2.44. The van der Waals surface area contributed by atoms with Crippen LogP contribution in [0.2, 0.25) is 10.0 Å². The molecular weight excluding hydrogens is 401 g/mol. The van der Waals surface area contributed by atoms with E-state index >= 15 is 0 Å². The lowest BCUT2D eigenvalue weighted by atomic mass is 10.2. The predicted octanol–water partition coefficient (Wildman–Crippen LogP) is 3.93. The van der Waals surface area contributed by atoms with Crippen molar-refractivity contribution in [2.75, 3.05) is 0 Å². The van der Waals surface area contributed by atoms with Gasteiger partial charge < -0.3 is 0 Å². The van der Waals surface area contributed by atoms with Crippen LogP contribution in [0.15, 0.2) is 47.6 Å². The van der Waals surface area contributed by atoms with E-state index in [1.807, 2.05) is 6.07 Å². The van der Waals surface area contributed by atoms with E-state index in [4.69, 9.17) is 35.4 Å². The molecule has 1 N–H and O–H groups in total. The number of hydrogen-bond donors (Lipinski definition) is 1. The fourth-order valence-electron chi connectivity index (χ4n) is 2.01. The predicted molar refractivity (Wildman–Crippen MR) is 103 cm³/mol. The lowest BCUT2D eigenvalue weighted by Gasteiger charge is -2.16. The number of rotatable bonds is 3. The van der Waals surface area contributed by atoms with Gasteiger partial charge in [0.2, 0.25) is 0 Å². The van der Waals surface area contributed by atoms with Crippen molar-refractivity contribution in [3.63, 3.8) is 0 Å². The van der Waals surface area contributed by atoms with Gasteiger partial charge in [-0.25, -0.2) is 0 Å². The molecule has 1 aromatic heterocycles. The summed E-state index contributed by atoms with van der Waals surface area (Å²) in [5, 5.41) is 1.61. The van der Waals surface area contributed by atoms with E-state index in [-0.39, 0.29) is 14.9 Å². The van der Waals surface area contributed by atoms with Crippen molar-refractivity contribution in [2.45, 2.75) is 0 Å². The maximum atomic E-state index is 12.5. The van der Waals surface area contributed by atoms with Crippen LogP contribution in [0.4, 0.5) is 0 Å². The molecule has 2 heterocycles. The molecule has 1 fully saturated rings. The molecule has 9 heteroatoms. The third kappa shape index (κ3) is 4.01. The summed E-state index contributed by atoms with van der Waals surface area (Å²) in [4.78, 5) is 29.2. The number of thioether (sulfide) groups is 1. The number of nitrogens with one attached hydrogen (secondary N) is 1. The van der Waals surface area contributed by atoms with Gasteiger partial charge in [-0.15, -0.1) is 0 Å². The Morgan fingerprint density at radius 2 is 2.12 bits per heavy atom. The number of carbonyl (C=O) groups is 2. The summed E-state index contributed by atoms with van der Waals surface area (Å²) in [5.74, 6) is -0.974. The molecule has 5 nitrogen and oxygen atoms in total. The largest absolute Gasteiger partial charge is 0.285 e. The summed E-state index contributed by atoms with van der Waals surface area (Å²) in [7, 11) is 0. The standard InChI is InChI=1S/C16H9Cl2N3O2S2/c17-10-3-4-11(12(18)7-10)14(22)20-21-15(23)13(25-16(21)24)6-9-2-1-5-19-8-9/h1-8H,(H,20,22)/b13-6-. The molecule has 1 aromatic carbocycles. The highest BCUT2D eigenvalue weighted by atomic mass is 35.5. The molecule has 0 aliphatic carbocycles. The summed E-state index contributed by atoms with van der Waals surface area (Å²) in [6, 6.07) is 8.03. The average molecular weight is 410 g/mol. The van der Waals surface area contributed by atoms with E-state index < -0.39 is 11.8 Å². The fraction of sp³-hybridized carbons (Fsp3) is 0. The molecule has 0 radical (unpaired) electrons. The monoisotopic (exact) mass is 409 g/mol. The highest BCUT2D eigenvalue weighted by Crippen LogP contribution is 2.31. The van der Waals surface area contributed by atoms with E-state index in [0.717, 1.165) is 22.3 Å². The number of benzene rings is 1. The van der Waals surface area contributed by atoms with Gasteiger partial charge in [-0.2, -0.15) is 5.01 Å². The highest BCUT2D eigenvalue weighted by Gasteiger charge is 2.34. The molecule has 0 unspecified atom stereocenters. The second-order valence-electron chi connectivity index (χ2n) is 4.87. The van der Waals surface area contributed by atoms with Gasteiger partial charge in [0.25, 0.3) is 11.8 Å². The molecule has 1 aliphatic rings. The van der Waals surface area contributed by atoms with Crippen molar-refractivity contribution < 1.29 is 9.59 Å². The molecule has 0 atom stereocenters. The molecule has 0 saturated carbocycles. The number of amides is 2. The van der Waals surface area contributed by atoms with Crippen LogP contribution >= 0.6 is 47.2 Å². The van der Waals surface area contributed by atoms with Crippen LogP contribution < -0.4 is 5.43 Å². The lowest BCUT2D eigenvalue weighted by molar-refractivity contribution is -0.123. The second-order valence-corrected chi connectivity index (χ2v) is 7.39. The molecule has 3 rings (SSSR count). The topological polar surface area (TPSA) is 62.3 Å². The Kier molecular flexibility index (Phi) is 5.39. The van der Waals surface area contributed by atoms with Gasteiger partial charge in [0.1, 0.15) is 0 Å². The number of aromatic nitrogens is 1. The molecule has 1 saturated heterocycles. The van der Waals surface area contributed by atoms with Gasteiger partial charge >= 0.3 is 0 Å². The minimum atomic E-state index is -0.555. The average Bonchev–Trinajstić information content (AvgIpc) is 2.83. The maximum absolute atomic E-state index is 12.5. The Bertz CT molecular complexity index is 904. The first-order chi connectivity index (χ1) is 12.0. The van der Waals surface area contributed by atoms with Crippen LogP contribution in [0, 0.1) is 0 Å². The summed E-state index contributed by atoms with van der Waals surface area (Å²) in [6.07, 6.45) is 4.92. The molecule has 0 bridgehead atoms. The Morgan fingerprint density at radius 1 is 1.32 bits per heavy atom. The first-order valence-electron chi connectivity index (χ1n) is 6.90. The Balaban J connectivity index is 1.79. The second kappa shape index (κ2) is 7.53. The zero-order valence-corrected chi connectivity index (χ0v) is 15.5. The van der Waals surface area contributed by atoms with E-state index in [9.17, 15) is 9.59 Å². The molecule has 0 spiro atoms. The number of carbonyl (C=O) groups excluding carboxylic acids is 2. The van der Waals surface area contributed by atoms with Gasteiger partial charge in [-0.05, 0) is 48.1 Å². The first kappa shape index (κ1) is 17.9. The van der Waals surface area contributed by atoms with E-state index in [2.05, 4.69) is 10.4 Å². The SMILES string of the molecule is O=C(NN1C(=O)/C(=C/c2cccnc2)SC1=S)c1ccc(Cl)cc1Cl. The fourth-order valence-corrected chi connectivity index (χ4v) is 3.69. The van der Waals surface area contributed by atoms with Crippen molar-refractivity contribution in [1.82, 2.24) is 15.4 Å². The van der Waals surface area contributed by atoms with E-state index in [1.54, 1.807) is 24.5 Å². The number of halogens is 2. The number of hydrazine groups is 1. The quantitative estimate of drug-likeness (QED) is 0.614. The van der Waals surface area contributed by atoms with Crippen molar-refractivity contribution in [3.8, 4) is 0 Å². The van der Waals surface area contributed by atoms with Crippen molar-refractivity contribution in [1.29, 1.82) is 0 Å². The third-order valence-corrected chi connectivity index (χ3v) is 5.01. The summed E-state index contributed by atoms with van der Waals surface area (Å²) in [6.45, 7) is 0. The maximum Gasteiger partial charge on any atom is 0.285 e. The minimum Gasteiger partial charge on any atom is -0.267 e. The Morgan fingerprint density at radius 3 is 2.80 bits per heavy atom. The van der Waals surface area contributed by atoms with Crippen LogP contribution in [0.25, 0.3) is 6.08 Å². The minimum absolute atomic E-state index is 0.182. The van der Waals surface area contributed by atoms with Crippen LogP contribution in [0.1, 0.15) is 15.9 Å². The van der Waals surface area contributed by atoms with Crippen LogP contribution in [0.5, 0.6) is 0 Å². The first-order valence-corrected chi connectivity index (χ1v) is 8.88. The normalized spacial score (nSPS) is 15.8. The zero-order chi connectivity index (χ0) is 18.0. The Hall–Kier alpha value is -1.93. The summed E-state index contributed by atoms with van der Waals surface area (Å²) >= 11 is 18.1. The molecular formula is C16H9Cl2N3O2S2.